The lowest BCUT2D eigenvalue weighted by Crippen LogP contribution is -2.02. The van der Waals surface area contributed by atoms with Crippen LogP contribution in [-0.2, 0) is 6.54 Å². The van der Waals surface area contributed by atoms with Crippen LogP contribution in [0.2, 0.25) is 0 Å². The van der Waals surface area contributed by atoms with E-state index in [4.69, 9.17) is 5.73 Å². The van der Waals surface area contributed by atoms with Gasteiger partial charge in [-0.1, -0.05) is 15.9 Å². The first-order valence-electron chi connectivity index (χ1n) is 4.84. The number of hydrogen-bond donors (Lipinski definition) is 2. The minimum absolute atomic E-state index is 0.755. The maximum Gasteiger partial charge on any atom is 0.0798 e. The Morgan fingerprint density at radius 2 is 2.31 bits per heavy atom. The maximum absolute atomic E-state index is 5.87. The van der Waals surface area contributed by atoms with E-state index in [1.165, 1.54) is 4.88 Å². The van der Waals surface area contributed by atoms with E-state index in [9.17, 15) is 0 Å². The third-order valence-corrected chi connectivity index (χ3v) is 3.73. The molecule has 0 amide bonds. The van der Waals surface area contributed by atoms with Gasteiger partial charge in [-0.3, -0.25) is 0 Å². The highest BCUT2D eigenvalue weighted by atomic mass is 79.9. The molecule has 16 heavy (non-hydrogen) atoms. The highest BCUT2D eigenvalue weighted by molar-refractivity contribution is 9.10. The van der Waals surface area contributed by atoms with E-state index < -0.39 is 0 Å². The molecule has 0 radical (unpaired) electrons. The zero-order chi connectivity index (χ0) is 11.5. The monoisotopic (exact) mass is 297 g/mol. The first-order chi connectivity index (χ1) is 7.66. The molecule has 0 bridgehead atoms. The Hall–Kier alpha value is -1.07. The summed E-state index contributed by atoms with van der Waals surface area (Å²) in [6.07, 6.45) is 0. The van der Waals surface area contributed by atoms with Crippen molar-refractivity contribution in [3.05, 3.63) is 38.8 Å². The van der Waals surface area contributed by atoms with Crippen LogP contribution in [0, 0.1) is 6.92 Å². The summed E-state index contributed by atoms with van der Waals surface area (Å²) in [7, 11) is 0. The molecule has 0 aliphatic rings. The van der Waals surface area contributed by atoms with Crippen LogP contribution in [0.3, 0.4) is 0 Å². The largest absolute Gasteiger partial charge is 0.397 e. The Morgan fingerprint density at radius 3 is 3.00 bits per heavy atom. The summed E-state index contributed by atoms with van der Waals surface area (Å²) in [6.45, 7) is 2.77. The number of hydrogen-bond acceptors (Lipinski definition) is 4. The summed E-state index contributed by atoms with van der Waals surface area (Å²) in [5, 5.41) is 3.31. The highest BCUT2D eigenvalue weighted by Gasteiger charge is 2.03. The van der Waals surface area contributed by atoms with E-state index >= 15 is 0 Å². The molecule has 3 nitrogen and oxygen atoms in total. The van der Waals surface area contributed by atoms with Crippen LogP contribution in [-0.4, -0.2) is 4.98 Å². The standard InChI is InChI=1S/C11H12BrN3S/c1-7-11(16-6-15-7)5-14-10-4-8(12)2-3-9(10)13/h2-4,6,14H,5,13H2,1H3. The molecule has 84 valence electrons. The molecule has 5 heteroatoms. The van der Waals surface area contributed by atoms with E-state index in [0.29, 0.717) is 0 Å². The summed E-state index contributed by atoms with van der Waals surface area (Å²) in [5.74, 6) is 0. The number of nitrogens with zero attached hydrogens (tertiary/aromatic N) is 1. The number of halogens is 1. The van der Waals surface area contributed by atoms with Crippen LogP contribution in [0.25, 0.3) is 0 Å². The third-order valence-electron chi connectivity index (χ3n) is 2.30. The summed E-state index contributed by atoms with van der Waals surface area (Å²) >= 11 is 5.08. The number of benzene rings is 1. The molecule has 0 aliphatic heterocycles. The molecule has 2 rings (SSSR count). The fourth-order valence-electron chi connectivity index (χ4n) is 1.35. The van der Waals surface area contributed by atoms with Gasteiger partial charge in [0.15, 0.2) is 0 Å². The van der Waals surface area contributed by atoms with Crippen LogP contribution in [0.5, 0.6) is 0 Å². The van der Waals surface area contributed by atoms with E-state index in [0.717, 1.165) is 28.1 Å². The quantitative estimate of drug-likeness (QED) is 0.854. The van der Waals surface area contributed by atoms with Gasteiger partial charge in [0.1, 0.15) is 0 Å². The molecule has 1 aromatic carbocycles. The van der Waals surface area contributed by atoms with Gasteiger partial charge in [-0.05, 0) is 25.1 Å². The summed E-state index contributed by atoms with van der Waals surface area (Å²) in [6, 6.07) is 5.79. The molecule has 1 aromatic heterocycles. The normalized spacial score (nSPS) is 10.4. The van der Waals surface area contributed by atoms with Crippen molar-refractivity contribution in [2.24, 2.45) is 0 Å². The zero-order valence-corrected chi connectivity index (χ0v) is 11.2. The molecule has 1 heterocycles. The molecule has 3 N–H and O–H groups in total. The number of nitrogens with two attached hydrogens (primary N) is 1. The Labute approximate surface area is 107 Å². The van der Waals surface area contributed by atoms with Crippen molar-refractivity contribution >= 4 is 38.6 Å². The molecule has 0 fully saturated rings. The van der Waals surface area contributed by atoms with E-state index in [1.807, 2.05) is 30.6 Å². The second-order valence-electron chi connectivity index (χ2n) is 3.45. The van der Waals surface area contributed by atoms with Gasteiger partial charge in [0, 0.05) is 9.35 Å². The SMILES string of the molecule is Cc1ncsc1CNc1cc(Br)ccc1N. The van der Waals surface area contributed by atoms with Crippen LogP contribution in [0.4, 0.5) is 11.4 Å². The molecule has 0 unspecified atom stereocenters. The first-order valence-corrected chi connectivity index (χ1v) is 6.52. The molecule has 0 saturated heterocycles. The minimum atomic E-state index is 0.755. The lowest BCUT2D eigenvalue weighted by Gasteiger charge is -2.08. The van der Waals surface area contributed by atoms with E-state index in [1.54, 1.807) is 11.3 Å². The fourth-order valence-corrected chi connectivity index (χ4v) is 2.43. The number of aromatic nitrogens is 1. The second kappa shape index (κ2) is 4.84. The molecular formula is C11H12BrN3S. The van der Waals surface area contributed by atoms with Gasteiger partial charge in [0.2, 0.25) is 0 Å². The van der Waals surface area contributed by atoms with Crippen LogP contribution < -0.4 is 11.1 Å². The van der Waals surface area contributed by atoms with Gasteiger partial charge >= 0.3 is 0 Å². The van der Waals surface area contributed by atoms with Crippen molar-refractivity contribution in [2.75, 3.05) is 11.1 Å². The number of anilines is 2. The Kier molecular flexibility index (Phi) is 3.46. The van der Waals surface area contributed by atoms with Crippen molar-refractivity contribution in [2.45, 2.75) is 13.5 Å². The second-order valence-corrected chi connectivity index (χ2v) is 5.30. The number of nitrogen functional groups attached to an aromatic ring is 1. The average molecular weight is 298 g/mol. The minimum Gasteiger partial charge on any atom is -0.397 e. The lowest BCUT2D eigenvalue weighted by atomic mass is 10.2. The van der Waals surface area contributed by atoms with Crippen molar-refractivity contribution in [3.8, 4) is 0 Å². The number of nitrogens with one attached hydrogen (secondary N) is 1. The van der Waals surface area contributed by atoms with Crippen molar-refractivity contribution in [1.29, 1.82) is 0 Å². The summed E-state index contributed by atoms with van der Waals surface area (Å²) in [4.78, 5) is 5.44. The predicted octanol–water partition coefficient (Wildman–Crippen LogP) is 3.41. The summed E-state index contributed by atoms with van der Waals surface area (Å²) in [5.41, 5.74) is 10.5. The van der Waals surface area contributed by atoms with Gasteiger partial charge < -0.3 is 11.1 Å². The van der Waals surface area contributed by atoms with Crippen molar-refractivity contribution in [1.82, 2.24) is 4.98 Å². The van der Waals surface area contributed by atoms with Crippen molar-refractivity contribution < 1.29 is 0 Å². The topological polar surface area (TPSA) is 50.9 Å². The molecule has 2 aromatic rings. The molecule has 0 atom stereocenters. The average Bonchev–Trinajstić information content (AvgIpc) is 2.66. The number of thiazole rings is 1. The van der Waals surface area contributed by atoms with Gasteiger partial charge in [0.25, 0.3) is 0 Å². The third kappa shape index (κ3) is 2.54. The van der Waals surface area contributed by atoms with Crippen LogP contribution in [0.15, 0.2) is 28.2 Å². The summed E-state index contributed by atoms with van der Waals surface area (Å²) < 4.78 is 1.02. The van der Waals surface area contributed by atoms with Crippen LogP contribution in [0.1, 0.15) is 10.6 Å². The van der Waals surface area contributed by atoms with E-state index in [2.05, 4.69) is 26.2 Å². The number of aryl methyl sites for hydroxylation is 1. The predicted molar refractivity (Wildman–Crippen MR) is 72.7 cm³/mol. The van der Waals surface area contributed by atoms with Crippen LogP contribution >= 0.6 is 27.3 Å². The fraction of sp³-hybridized carbons (Fsp3) is 0.182. The smallest absolute Gasteiger partial charge is 0.0798 e. The van der Waals surface area contributed by atoms with Crippen molar-refractivity contribution in [3.63, 3.8) is 0 Å². The molecular weight excluding hydrogens is 286 g/mol. The highest BCUT2D eigenvalue weighted by Crippen LogP contribution is 2.24. The molecule has 0 aliphatic carbocycles. The zero-order valence-electron chi connectivity index (χ0n) is 8.83. The van der Waals surface area contributed by atoms with Gasteiger partial charge in [-0.15, -0.1) is 11.3 Å². The lowest BCUT2D eigenvalue weighted by molar-refractivity contribution is 1.12. The van der Waals surface area contributed by atoms with E-state index in [-0.39, 0.29) is 0 Å². The Morgan fingerprint density at radius 1 is 1.50 bits per heavy atom. The van der Waals surface area contributed by atoms with Gasteiger partial charge in [0.05, 0.1) is 29.1 Å². The maximum atomic E-state index is 5.87. The first kappa shape index (κ1) is 11.4. The molecule has 0 spiro atoms. The molecule has 0 saturated carbocycles. The Bertz CT molecular complexity index is 496. The van der Waals surface area contributed by atoms with Gasteiger partial charge in [-0.2, -0.15) is 0 Å². The van der Waals surface area contributed by atoms with Gasteiger partial charge in [-0.25, -0.2) is 4.98 Å². The number of rotatable bonds is 3. The Balaban J connectivity index is 2.10.